The normalized spacial score (nSPS) is 18.6. The number of fused-ring (bicyclic) bond motifs is 1. The third kappa shape index (κ3) is 6.20. The van der Waals surface area contributed by atoms with Gasteiger partial charge in [-0.1, -0.05) is 43.5 Å². The molecule has 1 saturated carbocycles. The number of oxazole rings is 1. The van der Waals surface area contributed by atoms with Crippen molar-refractivity contribution in [2.24, 2.45) is 5.92 Å². The van der Waals surface area contributed by atoms with Gasteiger partial charge in [-0.15, -0.1) is 0 Å². The molecule has 0 bridgehead atoms. The molecule has 1 aliphatic carbocycles. The Labute approximate surface area is 229 Å². The van der Waals surface area contributed by atoms with Crippen molar-refractivity contribution in [3.8, 4) is 11.3 Å². The van der Waals surface area contributed by atoms with Crippen LogP contribution in [0.25, 0.3) is 22.1 Å². The monoisotopic (exact) mass is 573 g/mol. The number of carbonyl (C=O) groups is 1. The Bertz CT molecular complexity index is 1600. The van der Waals surface area contributed by atoms with Gasteiger partial charge in [-0.25, -0.2) is 26.5 Å². The van der Waals surface area contributed by atoms with E-state index in [0.29, 0.717) is 53.0 Å². The minimum absolute atomic E-state index is 0.0486. The van der Waals surface area contributed by atoms with E-state index in [9.17, 15) is 21.6 Å². The molecule has 1 amide bonds. The second-order valence-electron chi connectivity index (χ2n) is 11.7. The topological polar surface area (TPSA) is 135 Å². The second kappa shape index (κ2) is 10.3. The molecule has 9 nitrogen and oxygen atoms in total. The van der Waals surface area contributed by atoms with Crippen molar-refractivity contribution in [2.75, 3.05) is 11.5 Å². The fourth-order valence-electron chi connectivity index (χ4n) is 5.21. The summed E-state index contributed by atoms with van der Waals surface area (Å²) in [5.41, 5.74) is 0.694. The van der Waals surface area contributed by atoms with Crippen LogP contribution < -0.4 is 10.0 Å². The fourth-order valence-corrected chi connectivity index (χ4v) is 8.33. The van der Waals surface area contributed by atoms with Gasteiger partial charge in [0.05, 0.1) is 22.1 Å². The standard InChI is InChI=1S/C28H35N3O6S2/c1-28(2,3)31-39(35,36)24-12-11-22(20-9-4-5-10-21(20)24)25-23(17-18-7-6-8-18)30-27(37-25)26(32)29-19-13-15-38(33,34)16-14-19/h4-5,9-12,18-19,31H,6-8,13-17H2,1-3H3,(H,29,32). The van der Waals surface area contributed by atoms with Crippen LogP contribution in [-0.4, -0.2) is 50.8 Å². The van der Waals surface area contributed by atoms with Gasteiger partial charge in [0.25, 0.3) is 5.89 Å². The van der Waals surface area contributed by atoms with Crippen molar-refractivity contribution in [3.63, 3.8) is 0 Å². The molecular weight excluding hydrogens is 538 g/mol. The number of hydrogen-bond acceptors (Lipinski definition) is 7. The average molecular weight is 574 g/mol. The molecule has 1 aromatic heterocycles. The van der Waals surface area contributed by atoms with Gasteiger partial charge in [-0.3, -0.25) is 4.79 Å². The Kier molecular flexibility index (Phi) is 7.36. The maximum atomic E-state index is 13.3. The third-order valence-corrected chi connectivity index (χ3v) is 10.9. The highest BCUT2D eigenvalue weighted by Crippen LogP contribution is 2.38. The van der Waals surface area contributed by atoms with Crippen molar-refractivity contribution in [3.05, 3.63) is 48.0 Å². The van der Waals surface area contributed by atoms with E-state index in [1.807, 2.05) is 12.1 Å². The lowest BCUT2D eigenvalue weighted by Gasteiger charge is -2.24. The molecule has 1 aliphatic heterocycles. The summed E-state index contributed by atoms with van der Waals surface area (Å²) in [6.45, 7) is 5.38. The highest BCUT2D eigenvalue weighted by atomic mass is 32.2. The average Bonchev–Trinajstić information content (AvgIpc) is 3.24. The number of rotatable bonds is 7. The molecule has 39 heavy (non-hydrogen) atoms. The molecule has 2 aromatic carbocycles. The summed E-state index contributed by atoms with van der Waals surface area (Å²) in [6, 6.07) is 10.3. The molecule has 1 saturated heterocycles. The maximum Gasteiger partial charge on any atom is 0.307 e. The van der Waals surface area contributed by atoms with Crippen LogP contribution in [0.4, 0.5) is 0 Å². The molecule has 0 spiro atoms. The van der Waals surface area contributed by atoms with Gasteiger partial charge in [0.15, 0.2) is 5.76 Å². The van der Waals surface area contributed by atoms with Crippen molar-refractivity contribution < 1.29 is 26.0 Å². The molecule has 11 heteroatoms. The smallest absolute Gasteiger partial charge is 0.307 e. The van der Waals surface area contributed by atoms with Crippen molar-refractivity contribution in [1.29, 1.82) is 0 Å². The van der Waals surface area contributed by atoms with Crippen LogP contribution in [0.5, 0.6) is 0 Å². The SMILES string of the molecule is CC(C)(C)NS(=O)(=O)c1ccc(-c2oc(C(=O)NC3CCS(=O)(=O)CC3)nc2CC2CCC2)c2ccccc12. The molecule has 5 rings (SSSR count). The minimum atomic E-state index is -3.80. The second-order valence-corrected chi connectivity index (χ2v) is 15.7. The summed E-state index contributed by atoms with van der Waals surface area (Å²) in [5, 5.41) is 4.12. The molecule has 0 atom stereocenters. The van der Waals surface area contributed by atoms with Crippen LogP contribution in [0.1, 0.15) is 69.3 Å². The van der Waals surface area contributed by atoms with E-state index in [1.165, 1.54) is 0 Å². The van der Waals surface area contributed by atoms with E-state index < -0.39 is 31.3 Å². The zero-order valence-electron chi connectivity index (χ0n) is 22.5. The number of benzene rings is 2. The van der Waals surface area contributed by atoms with Gasteiger partial charge < -0.3 is 9.73 Å². The Morgan fingerprint density at radius 3 is 2.31 bits per heavy atom. The van der Waals surface area contributed by atoms with Gasteiger partial charge in [-0.05, 0) is 63.5 Å². The van der Waals surface area contributed by atoms with Gasteiger partial charge in [-0.2, -0.15) is 0 Å². The molecule has 0 unspecified atom stereocenters. The van der Waals surface area contributed by atoms with Crippen LogP contribution in [0.3, 0.4) is 0 Å². The predicted molar refractivity (Wildman–Crippen MR) is 150 cm³/mol. The number of carbonyl (C=O) groups excluding carboxylic acids is 1. The van der Waals surface area contributed by atoms with Crippen molar-refractivity contribution >= 4 is 36.5 Å². The van der Waals surface area contributed by atoms with Crippen molar-refractivity contribution in [1.82, 2.24) is 15.0 Å². The summed E-state index contributed by atoms with van der Waals surface area (Å²) in [6.07, 6.45) is 4.71. The van der Waals surface area contributed by atoms with E-state index in [2.05, 4.69) is 15.0 Å². The van der Waals surface area contributed by atoms with Crippen molar-refractivity contribution in [2.45, 2.75) is 75.8 Å². The molecule has 2 aliphatic rings. The fraction of sp³-hybridized carbons (Fsp3) is 0.500. The van der Waals surface area contributed by atoms with E-state index >= 15 is 0 Å². The molecule has 2 heterocycles. The first kappa shape index (κ1) is 27.8. The highest BCUT2D eigenvalue weighted by Gasteiger charge is 2.30. The molecule has 0 radical (unpaired) electrons. The number of sulfone groups is 1. The highest BCUT2D eigenvalue weighted by molar-refractivity contribution is 7.91. The molecule has 2 N–H and O–H groups in total. The lowest BCUT2D eigenvalue weighted by atomic mass is 9.81. The molecular formula is C28H35N3O6S2. The van der Waals surface area contributed by atoms with Crippen LogP contribution in [0.15, 0.2) is 45.7 Å². The zero-order chi connectivity index (χ0) is 28.0. The van der Waals surface area contributed by atoms with Gasteiger partial charge in [0.2, 0.25) is 10.0 Å². The zero-order valence-corrected chi connectivity index (χ0v) is 24.1. The molecule has 2 fully saturated rings. The number of sulfonamides is 1. The first-order valence-corrected chi connectivity index (χ1v) is 16.7. The summed E-state index contributed by atoms with van der Waals surface area (Å²) in [7, 11) is -6.85. The lowest BCUT2D eigenvalue weighted by Crippen LogP contribution is -2.41. The molecule has 210 valence electrons. The summed E-state index contributed by atoms with van der Waals surface area (Å²) < 4.78 is 58.9. The minimum Gasteiger partial charge on any atom is -0.432 e. The Morgan fingerprint density at radius 2 is 1.69 bits per heavy atom. The summed E-state index contributed by atoms with van der Waals surface area (Å²) in [5.74, 6) is 0.471. The van der Waals surface area contributed by atoms with Crippen LogP contribution >= 0.6 is 0 Å². The molecule has 3 aromatic rings. The quantitative estimate of drug-likeness (QED) is 0.432. The number of nitrogens with zero attached hydrogens (tertiary/aromatic N) is 1. The Hall–Kier alpha value is -2.76. The number of aromatic nitrogens is 1. The Morgan fingerprint density at radius 1 is 1.03 bits per heavy atom. The largest absolute Gasteiger partial charge is 0.432 e. The summed E-state index contributed by atoms with van der Waals surface area (Å²) in [4.78, 5) is 17.9. The van der Waals surface area contributed by atoms with E-state index in [4.69, 9.17) is 4.42 Å². The third-order valence-electron chi connectivity index (χ3n) is 7.35. The van der Waals surface area contributed by atoms with Crippen LogP contribution in [0, 0.1) is 5.92 Å². The van der Waals surface area contributed by atoms with Crippen LogP contribution in [-0.2, 0) is 26.3 Å². The van der Waals surface area contributed by atoms with Gasteiger partial charge in [0.1, 0.15) is 9.84 Å². The number of hydrogen-bond donors (Lipinski definition) is 2. The number of nitrogens with one attached hydrogen (secondary N) is 2. The van der Waals surface area contributed by atoms with Gasteiger partial charge >= 0.3 is 5.91 Å². The van der Waals surface area contributed by atoms with E-state index in [0.717, 1.165) is 19.3 Å². The predicted octanol–water partition coefficient (Wildman–Crippen LogP) is 4.22. The lowest BCUT2D eigenvalue weighted by molar-refractivity contribution is 0.0900. The van der Waals surface area contributed by atoms with E-state index in [-0.39, 0.29) is 28.3 Å². The van der Waals surface area contributed by atoms with Crippen LogP contribution in [0.2, 0.25) is 0 Å². The first-order valence-electron chi connectivity index (χ1n) is 13.4. The Balaban J connectivity index is 1.53. The van der Waals surface area contributed by atoms with Gasteiger partial charge in [0, 0.05) is 22.5 Å². The maximum absolute atomic E-state index is 13.3. The first-order chi connectivity index (χ1) is 18.3. The van der Waals surface area contributed by atoms with E-state index in [1.54, 1.807) is 45.0 Å². The number of amides is 1. The summed E-state index contributed by atoms with van der Waals surface area (Å²) >= 11 is 0.